The summed E-state index contributed by atoms with van der Waals surface area (Å²) in [4.78, 5) is 11.9. The zero-order valence-electron chi connectivity index (χ0n) is 14.2. The summed E-state index contributed by atoms with van der Waals surface area (Å²) in [6.07, 6.45) is 0. The Morgan fingerprint density at radius 2 is 1.76 bits per heavy atom. The van der Waals surface area contributed by atoms with Crippen LogP contribution >= 0.6 is 22.7 Å². The average Bonchev–Trinajstić information content (AvgIpc) is 3.28. The minimum absolute atomic E-state index is 0.263. The van der Waals surface area contributed by atoms with E-state index in [9.17, 15) is 0 Å². The predicted octanol–water partition coefficient (Wildman–Crippen LogP) is 5.61. The number of benzene rings is 2. The highest BCUT2D eigenvalue weighted by molar-refractivity contribution is 7.18. The second-order valence-electron chi connectivity index (χ2n) is 6.12. The van der Waals surface area contributed by atoms with Gasteiger partial charge in [0.1, 0.15) is 10.0 Å². The number of thiazole rings is 2. The highest BCUT2D eigenvalue weighted by atomic mass is 32.1. The minimum Gasteiger partial charge on any atom is -0.291 e. The van der Waals surface area contributed by atoms with Crippen molar-refractivity contribution in [2.45, 2.75) is 19.5 Å². The van der Waals surface area contributed by atoms with Crippen molar-refractivity contribution in [3.05, 3.63) is 70.7 Å². The average molecular weight is 366 g/mol. The maximum Gasteiger partial charge on any atom is 0.123 e. The van der Waals surface area contributed by atoms with Gasteiger partial charge in [0.15, 0.2) is 0 Å². The van der Waals surface area contributed by atoms with E-state index in [4.69, 9.17) is 9.97 Å². The predicted molar refractivity (Wildman–Crippen MR) is 107 cm³/mol. The topological polar surface area (TPSA) is 29.0 Å². The van der Waals surface area contributed by atoms with E-state index in [1.54, 1.807) is 22.7 Å². The van der Waals surface area contributed by atoms with Crippen LogP contribution in [0, 0.1) is 0 Å². The second kappa shape index (κ2) is 7.04. The summed E-state index contributed by atoms with van der Waals surface area (Å²) >= 11 is 3.48. The third-order valence-electron chi connectivity index (χ3n) is 4.31. The molecule has 0 unspecified atom stereocenters. The Bertz CT molecular complexity index is 942. The number of aromatic nitrogens is 2. The first-order valence-electron chi connectivity index (χ1n) is 8.26. The van der Waals surface area contributed by atoms with Crippen LogP contribution in [-0.4, -0.2) is 21.9 Å². The number of nitrogens with zero attached hydrogens (tertiary/aromatic N) is 3. The molecule has 0 aliphatic carbocycles. The summed E-state index contributed by atoms with van der Waals surface area (Å²) in [7, 11) is 2.14. The van der Waals surface area contributed by atoms with Crippen molar-refractivity contribution >= 4 is 32.9 Å². The van der Waals surface area contributed by atoms with E-state index in [-0.39, 0.29) is 6.04 Å². The molecule has 0 aliphatic rings. The van der Waals surface area contributed by atoms with E-state index in [1.807, 2.05) is 12.1 Å². The molecule has 0 amide bonds. The number of para-hydroxylation sites is 1. The monoisotopic (exact) mass is 365 g/mol. The fourth-order valence-corrected chi connectivity index (χ4v) is 4.64. The molecular formula is C20H19N3S2. The Balaban J connectivity index is 1.49. The molecule has 0 radical (unpaired) electrons. The van der Waals surface area contributed by atoms with E-state index in [2.05, 4.69) is 66.7 Å². The third-order valence-corrected chi connectivity index (χ3v) is 6.46. The van der Waals surface area contributed by atoms with Crippen LogP contribution < -0.4 is 0 Å². The summed E-state index contributed by atoms with van der Waals surface area (Å²) in [5.41, 5.74) is 3.38. The molecule has 0 aliphatic heterocycles. The van der Waals surface area contributed by atoms with Crippen LogP contribution in [0.3, 0.4) is 0 Å². The molecule has 4 aromatic rings. The summed E-state index contributed by atoms with van der Waals surface area (Å²) < 4.78 is 1.25. The van der Waals surface area contributed by atoms with Gasteiger partial charge < -0.3 is 0 Å². The Morgan fingerprint density at radius 3 is 2.56 bits per heavy atom. The molecule has 0 N–H and O–H groups in total. The molecule has 5 heteroatoms. The Morgan fingerprint density at radius 1 is 1.00 bits per heavy atom. The standard InChI is InChI=1S/C20H19N3S2/c1-14(19-22-17-10-6-7-11-18(17)25-19)23(2)12-16-13-24-20(21-16)15-8-4-3-5-9-15/h3-11,13-14H,12H2,1-2H3/t14-/m1/s1. The highest BCUT2D eigenvalue weighted by Crippen LogP contribution is 2.30. The lowest BCUT2D eigenvalue weighted by molar-refractivity contribution is 0.250. The van der Waals surface area contributed by atoms with E-state index in [0.717, 1.165) is 27.8 Å². The van der Waals surface area contributed by atoms with Crippen LogP contribution in [0.25, 0.3) is 20.8 Å². The summed E-state index contributed by atoms with van der Waals surface area (Å²) in [5.74, 6) is 0. The molecule has 0 fully saturated rings. The van der Waals surface area contributed by atoms with Crippen molar-refractivity contribution < 1.29 is 0 Å². The first kappa shape index (κ1) is 16.4. The van der Waals surface area contributed by atoms with Gasteiger partial charge in [0, 0.05) is 17.5 Å². The molecular weight excluding hydrogens is 346 g/mol. The highest BCUT2D eigenvalue weighted by Gasteiger charge is 2.17. The van der Waals surface area contributed by atoms with E-state index < -0.39 is 0 Å². The molecule has 0 bridgehead atoms. The van der Waals surface area contributed by atoms with E-state index in [0.29, 0.717) is 0 Å². The Hall–Kier alpha value is -2.08. The number of hydrogen-bond acceptors (Lipinski definition) is 5. The van der Waals surface area contributed by atoms with Crippen LogP contribution in [0.15, 0.2) is 60.0 Å². The quantitative estimate of drug-likeness (QED) is 0.460. The summed E-state index contributed by atoms with van der Waals surface area (Å²) in [6.45, 7) is 3.03. The first-order valence-corrected chi connectivity index (χ1v) is 9.96. The van der Waals surface area contributed by atoms with Gasteiger partial charge in [-0.3, -0.25) is 4.90 Å². The maximum absolute atomic E-state index is 4.80. The largest absolute Gasteiger partial charge is 0.291 e. The van der Waals surface area contributed by atoms with Crippen molar-refractivity contribution in [3.63, 3.8) is 0 Å². The van der Waals surface area contributed by atoms with Crippen molar-refractivity contribution in [2.75, 3.05) is 7.05 Å². The van der Waals surface area contributed by atoms with Gasteiger partial charge in [-0.1, -0.05) is 42.5 Å². The number of hydrogen-bond donors (Lipinski definition) is 0. The molecule has 4 rings (SSSR count). The van der Waals surface area contributed by atoms with Crippen molar-refractivity contribution in [3.8, 4) is 10.6 Å². The second-order valence-corrected chi connectivity index (χ2v) is 8.04. The minimum atomic E-state index is 0.263. The molecule has 0 spiro atoms. The lowest BCUT2D eigenvalue weighted by Gasteiger charge is -2.21. The molecule has 25 heavy (non-hydrogen) atoms. The third kappa shape index (κ3) is 3.49. The molecule has 0 saturated carbocycles. The van der Waals surface area contributed by atoms with Crippen molar-refractivity contribution in [2.24, 2.45) is 0 Å². The van der Waals surface area contributed by atoms with Gasteiger partial charge in [0.05, 0.1) is 22.0 Å². The fraction of sp³-hybridized carbons (Fsp3) is 0.200. The van der Waals surface area contributed by atoms with Gasteiger partial charge in [0.2, 0.25) is 0 Å². The number of fused-ring (bicyclic) bond motifs is 1. The van der Waals surface area contributed by atoms with Gasteiger partial charge in [-0.15, -0.1) is 22.7 Å². The van der Waals surface area contributed by atoms with Crippen molar-refractivity contribution in [1.82, 2.24) is 14.9 Å². The Labute approximate surface area is 155 Å². The molecule has 1 atom stereocenters. The zero-order chi connectivity index (χ0) is 17.2. The van der Waals surface area contributed by atoms with Crippen LogP contribution in [-0.2, 0) is 6.54 Å². The molecule has 2 aromatic heterocycles. The van der Waals surface area contributed by atoms with Gasteiger partial charge in [-0.2, -0.15) is 0 Å². The normalized spacial score (nSPS) is 12.8. The smallest absolute Gasteiger partial charge is 0.123 e. The SMILES string of the molecule is C[C@H](c1nc2ccccc2s1)N(C)Cc1csc(-c2ccccc2)n1. The molecule has 3 nitrogen and oxygen atoms in total. The van der Waals surface area contributed by atoms with Gasteiger partial charge in [0.25, 0.3) is 0 Å². The zero-order valence-corrected chi connectivity index (χ0v) is 15.8. The maximum atomic E-state index is 4.80. The van der Waals surface area contributed by atoms with Crippen LogP contribution in [0.1, 0.15) is 23.7 Å². The van der Waals surface area contributed by atoms with Crippen molar-refractivity contribution in [1.29, 1.82) is 0 Å². The summed E-state index contributed by atoms with van der Waals surface area (Å²) in [6, 6.07) is 18.9. The molecule has 126 valence electrons. The summed E-state index contributed by atoms with van der Waals surface area (Å²) in [5, 5.41) is 4.39. The number of rotatable bonds is 5. The van der Waals surface area contributed by atoms with Gasteiger partial charge >= 0.3 is 0 Å². The van der Waals surface area contributed by atoms with Gasteiger partial charge in [-0.05, 0) is 26.1 Å². The lowest BCUT2D eigenvalue weighted by Crippen LogP contribution is -2.21. The van der Waals surface area contributed by atoms with E-state index >= 15 is 0 Å². The first-order chi connectivity index (χ1) is 12.2. The Kier molecular flexibility index (Phi) is 4.61. The lowest BCUT2D eigenvalue weighted by atomic mass is 10.2. The molecule has 2 aromatic carbocycles. The van der Waals surface area contributed by atoms with Crippen LogP contribution in [0.2, 0.25) is 0 Å². The van der Waals surface area contributed by atoms with E-state index in [1.165, 1.54) is 10.3 Å². The fourth-order valence-electron chi connectivity index (χ4n) is 2.74. The molecule has 0 saturated heterocycles. The van der Waals surface area contributed by atoms with Gasteiger partial charge in [-0.25, -0.2) is 9.97 Å². The van der Waals surface area contributed by atoms with Crippen LogP contribution in [0.5, 0.6) is 0 Å². The van der Waals surface area contributed by atoms with Crippen LogP contribution in [0.4, 0.5) is 0 Å². The molecule has 2 heterocycles.